The van der Waals surface area contributed by atoms with Gasteiger partial charge in [-0.3, -0.25) is 9.59 Å². The van der Waals surface area contributed by atoms with Gasteiger partial charge in [0.2, 0.25) is 5.91 Å². The second kappa shape index (κ2) is 8.32. The van der Waals surface area contributed by atoms with E-state index in [9.17, 15) is 14.7 Å². The maximum atomic E-state index is 11.8. The van der Waals surface area contributed by atoms with Crippen molar-refractivity contribution in [2.45, 2.75) is 38.8 Å². The van der Waals surface area contributed by atoms with Gasteiger partial charge in [-0.1, -0.05) is 30.3 Å². The molecule has 0 saturated carbocycles. The SMILES string of the molecule is CCOC(=O)C[C@H](O)CC(=O)NC(C)c1ccccc1. The molecule has 2 N–H and O–H groups in total. The molecule has 0 fully saturated rings. The average Bonchev–Trinajstić information content (AvgIpc) is 2.39. The van der Waals surface area contributed by atoms with E-state index in [0.29, 0.717) is 0 Å². The lowest BCUT2D eigenvalue weighted by molar-refractivity contribution is -0.145. The number of aliphatic hydroxyl groups excluding tert-OH is 1. The first-order valence-electron chi connectivity index (χ1n) is 6.71. The minimum atomic E-state index is -1.02. The quantitative estimate of drug-likeness (QED) is 0.743. The number of esters is 1. The first kappa shape index (κ1) is 16.2. The number of aliphatic hydroxyl groups is 1. The Labute approximate surface area is 118 Å². The molecule has 1 amide bonds. The lowest BCUT2D eigenvalue weighted by Crippen LogP contribution is -2.30. The molecule has 20 heavy (non-hydrogen) atoms. The average molecular weight is 279 g/mol. The van der Waals surface area contributed by atoms with E-state index in [1.165, 1.54) is 0 Å². The summed E-state index contributed by atoms with van der Waals surface area (Å²) in [7, 11) is 0. The number of rotatable bonds is 7. The van der Waals surface area contributed by atoms with Gasteiger partial charge < -0.3 is 15.2 Å². The number of nitrogens with one attached hydrogen (secondary N) is 1. The molecule has 5 nitrogen and oxygen atoms in total. The van der Waals surface area contributed by atoms with Crippen LogP contribution in [0.1, 0.15) is 38.3 Å². The lowest BCUT2D eigenvalue weighted by Gasteiger charge is -2.16. The number of carbonyl (C=O) groups excluding carboxylic acids is 2. The van der Waals surface area contributed by atoms with Gasteiger partial charge in [0, 0.05) is 0 Å². The Hall–Kier alpha value is -1.88. The maximum absolute atomic E-state index is 11.8. The van der Waals surface area contributed by atoms with Crippen molar-refractivity contribution < 1.29 is 19.4 Å². The molecular formula is C15H21NO4. The van der Waals surface area contributed by atoms with Gasteiger partial charge in [-0.2, -0.15) is 0 Å². The van der Waals surface area contributed by atoms with Gasteiger partial charge in [0.25, 0.3) is 0 Å². The van der Waals surface area contributed by atoms with Crippen molar-refractivity contribution in [1.29, 1.82) is 0 Å². The van der Waals surface area contributed by atoms with Crippen molar-refractivity contribution in [2.24, 2.45) is 0 Å². The van der Waals surface area contributed by atoms with Crippen LogP contribution in [0.2, 0.25) is 0 Å². The summed E-state index contributed by atoms with van der Waals surface area (Å²) in [5.74, 6) is -0.790. The molecule has 0 heterocycles. The first-order chi connectivity index (χ1) is 9.52. The van der Waals surface area contributed by atoms with Gasteiger partial charge in [0.1, 0.15) is 0 Å². The summed E-state index contributed by atoms with van der Waals surface area (Å²) in [4.78, 5) is 22.9. The van der Waals surface area contributed by atoms with E-state index in [1.807, 2.05) is 37.3 Å². The first-order valence-corrected chi connectivity index (χ1v) is 6.71. The Morgan fingerprint density at radius 3 is 2.50 bits per heavy atom. The molecule has 0 radical (unpaired) electrons. The summed E-state index contributed by atoms with van der Waals surface area (Å²) < 4.78 is 4.71. The zero-order valence-corrected chi connectivity index (χ0v) is 11.8. The number of benzene rings is 1. The van der Waals surface area contributed by atoms with E-state index in [4.69, 9.17) is 4.74 Å². The van der Waals surface area contributed by atoms with Crippen LogP contribution in [-0.4, -0.2) is 29.7 Å². The van der Waals surface area contributed by atoms with Crippen molar-refractivity contribution in [3.63, 3.8) is 0 Å². The number of carbonyl (C=O) groups is 2. The van der Waals surface area contributed by atoms with Crippen molar-refractivity contribution >= 4 is 11.9 Å². The third-order valence-corrected chi connectivity index (χ3v) is 2.81. The zero-order chi connectivity index (χ0) is 15.0. The van der Waals surface area contributed by atoms with Gasteiger partial charge in [0.15, 0.2) is 0 Å². The Balaban J connectivity index is 2.38. The molecule has 0 bridgehead atoms. The monoisotopic (exact) mass is 279 g/mol. The van der Waals surface area contributed by atoms with Crippen molar-refractivity contribution in [1.82, 2.24) is 5.32 Å². The fourth-order valence-corrected chi connectivity index (χ4v) is 1.82. The van der Waals surface area contributed by atoms with Gasteiger partial charge in [0.05, 0.1) is 31.6 Å². The molecule has 2 atom stereocenters. The van der Waals surface area contributed by atoms with Gasteiger partial charge >= 0.3 is 5.97 Å². The zero-order valence-electron chi connectivity index (χ0n) is 11.8. The molecule has 0 spiro atoms. The summed E-state index contributed by atoms with van der Waals surface area (Å²) in [5.41, 5.74) is 0.987. The van der Waals surface area contributed by atoms with E-state index in [2.05, 4.69) is 5.32 Å². The van der Waals surface area contributed by atoms with Crippen LogP contribution in [0.5, 0.6) is 0 Å². The predicted octanol–water partition coefficient (Wildman–Crippen LogP) is 1.57. The number of amides is 1. The Morgan fingerprint density at radius 1 is 1.25 bits per heavy atom. The van der Waals surface area contributed by atoms with Crippen molar-refractivity contribution in [3.05, 3.63) is 35.9 Å². The summed E-state index contributed by atoms with van der Waals surface area (Å²) in [6.45, 7) is 3.83. The highest BCUT2D eigenvalue weighted by molar-refractivity contribution is 5.78. The van der Waals surface area contributed by atoms with E-state index < -0.39 is 12.1 Å². The number of ether oxygens (including phenoxy) is 1. The normalized spacial score (nSPS) is 13.3. The molecule has 0 aromatic heterocycles. The molecule has 5 heteroatoms. The highest BCUT2D eigenvalue weighted by atomic mass is 16.5. The fraction of sp³-hybridized carbons (Fsp3) is 0.467. The molecule has 110 valence electrons. The molecule has 1 aromatic rings. The maximum Gasteiger partial charge on any atom is 0.308 e. The molecular weight excluding hydrogens is 258 g/mol. The highest BCUT2D eigenvalue weighted by Crippen LogP contribution is 2.11. The fourth-order valence-electron chi connectivity index (χ4n) is 1.82. The highest BCUT2D eigenvalue weighted by Gasteiger charge is 2.17. The van der Waals surface area contributed by atoms with Crippen molar-refractivity contribution in [2.75, 3.05) is 6.61 Å². The number of hydrogen-bond donors (Lipinski definition) is 2. The molecule has 0 aliphatic rings. The van der Waals surface area contributed by atoms with Crippen LogP contribution in [0.3, 0.4) is 0 Å². The molecule has 1 unspecified atom stereocenters. The van der Waals surface area contributed by atoms with Crippen LogP contribution < -0.4 is 5.32 Å². The molecule has 0 aliphatic heterocycles. The Kier molecular flexibility index (Phi) is 6.73. The summed E-state index contributed by atoms with van der Waals surface area (Å²) in [6, 6.07) is 9.39. The van der Waals surface area contributed by atoms with E-state index in [1.54, 1.807) is 6.92 Å². The van der Waals surface area contributed by atoms with Crippen molar-refractivity contribution in [3.8, 4) is 0 Å². The smallest absolute Gasteiger partial charge is 0.308 e. The Morgan fingerprint density at radius 2 is 1.90 bits per heavy atom. The second-order valence-corrected chi connectivity index (χ2v) is 4.57. The van der Waals surface area contributed by atoms with Gasteiger partial charge in [-0.05, 0) is 19.4 Å². The van der Waals surface area contributed by atoms with Crippen LogP contribution >= 0.6 is 0 Å². The lowest BCUT2D eigenvalue weighted by atomic mass is 10.1. The third-order valence-electron chi connectivity index (χ3n) is 2.81. The van der Waals surface area contributed by atoms with E-state index in [-0.39, 0.29) is 31.4 Å². The summed E-state index contributed by atoms with van der Waals surface area (Å²) >= 11 is 0. The van der Waals surface area contributed by atoms with E-state index in [0.717, 1.165) is 5.56 Å². The molecule has 1 aromatic carbocycles. The minimum Gasteiger partial charge on any atom is -0.466 e. The largest absolute Gasteiger partial charge is 0.466 e. The third kappa shape index (κ3) is 5.84. The number of hydrogen-bond acceptors (Lipinski definition) is 4. The van der Waals surface area contributed by atoms with Crippen LogP contribution in [0, 0.1) is 0 Å². The minimum absolute atomic E-state index is 0.115. The van der Waals surface area contributed by atoms with E-state index >= 15 is 0 Å². The second-order valence-electron chi connectivity index (χ2n) is 4.57. The molecule has 1 rings (SSSR count). The van der Waals surface area contributed by atoms with Crippen LogP contribution in [0.4, 0.5) is 0 Å². The molecule has 0 aliphatic carbocycles. The molecule has 0 saturated heterocycles. The van der Waals surface area contributed by atoms with Gasteiger partial charge in [-0.25, -0.2) is 0 Å². The van der Waals surface area contributed by atoms with Crippen LogP contribution in [0.25, 0.3) is 0 Å². The van der Waals surface area contributed by atoms with Gasteiger partial charge in [-0.15, -0.1) is 0 Å². The van der Waals surface area contributed by atoms with Crippen LogP contribution in [-0.2, 0) is 14.3 Å². The summed E-state index contributed by atoms with van der Waals surface area (Å²) in [6.07, 6.45) is -1.30. The predicted molar refractivity (Wildman–Crippen MR) is 74.9 cm³/mol. The summed E-state index contributed by atoms with van der Waals surface area (Å²) in [5, 5.41) is 12.4. The van der Waals surface area contributed by atoms with Crippen LogP contribution in [0.15, 0.2) is 30.3 Å². The topological polar surface area (TPSA) is 75.6 Å². The standard InChI is InChI=1S/C15H21NO4/c1-3-20-15(19)10-13(17)9-14(18)16-11(2)12-7-5-4-6-8-12/h4-8,11,13,17H,3,9-10H2,1-2H3,(H,16,18)/t11?,13-/m1/s1. The Bertz CT molecular complexity index is 433.